The van der Waals surface area contributed by atoms with Gasteiger partial charge in [0.1, 0.15) is 0 Å². The van der Waals surface area contributed by atoms with Crippen LogP contribution in [-0.4, -0.2) is 40.1 Å². The number of carbonyl (C=O) groups is 1. The molecule has 0 radical (unpaired) electrons. The van der Waals surface area contributed by atoms with Crippen molar-refractivity contribution in [3.8, 4) is 0 Å². The molecule has 4 heteroatoms. The molecule has 112 valence electrons. The third-order valence-electron chi connectivity index (χ3n) is 4.67. The Kier molecular flexibility index (Phi) is 3.97. The van der Waals surface area contributed by atoms with E-state index in [0.717, 1.165) is 24.9 Å². The third-order valence-corrected chi connectivity index (χ3v) is 4.67. The van der Waals surface area contributed by atoms with E-state index in [-0.39, 0.29) is 18.6 Å². The molecule has 2 aromatic rings. The Morgan fingerprint density at radius 2 is 2.24 bits per heavy atom. The number of aromatic amines is 1. The molecule has 1 aromatic heterocycles. The van der Waals surface area contributed by atoms with Crippen molar-refractivity contribution in [3.63, 3.8) is 0 Å². The molecule has 2 N–H and O–H groups in total. The molecule has 1 fully saturated rings. The van der Waals surface area contributed by atoms with Gasteiger partial charge in [0.25, 0.3) is 0 Å². The van der Waals surface area contributed by atoms with E-state index in [9.17, 15) is 9.90 Å². The molecule has 0 spiro atoms. The number of hydrogen-bond donors (Lipinski definition) is 2. The molecule has 1 aromatic carbocycles. The molecular formula is C17H22N2O2. The molecule has 1 amide bonds. The van der Waals surface area contributed by atoms with Gasteiger partial charge < -0.3 is 15.0 Å². The zero-order valence-corrected chi connectivity index (χ0v) is 12.4. The van der Waals surface area contributed by atoms with E-state index in [1.165, 1.54) is 10.9 Å². The van der Waals surface area contributed by atoms with Crippen LogP contribution in [0.1, 0.15) is 25.3 Å². The Morgan fingerprint density at radius 3 is 3.05 bits per heavy atom. The highest BCUT2D eigenvalue weighted by Crippen LogP contribution is 2.25. The normalized spacial score (nSPS) is 22.1. The summed E-state index contributed by atoms with van der Waals surface area (Å²) in [6.07, 6.45) is 4.23. The number of rotatable bonds is 4. The maximum absolute atomic E-state index is 12.4. The maximum atomic E-state index is 12.4. The topological polar surface area (TPSA) is 56.3 Å². The summed E-state index contributed by atoms with van der Waals surface area (Å²) in [4.78, 5) is 17.5. The lowest BCUT2D eigenvalue weighted by Crippen LogP contribution is -2.39. The van der Waals surface area contributed by atoms with E-state index in [0.29, 0.717) is 12.3 Å². The number of aliphatic hydroxyl groups is 1. The first-order chi connectivity index (χ1) is 10.2. The van der Waals surface area contributed by atoms with Crippen molar-refractivity contribution in [2.45, 2.75) is 32.2 Å². The minimum absolute atomic E-state index is 0.000434. The highest BCUT2D eigenvalue weighted by molar-refractivity contribution is 5.84. The summed E-state index contributed by atoms with van der Waals surface area (Å²) in [5.74, 6) is 0.552. The van der Waals surface area contributed by atoms with Gasteiger partial charge in [0.05, 0.1) is 12.6 Å². The molecule has 21 heavy (non-hydrogen) atoms. The molecule has 0 bridgehead atoms. The summed E-state index contributed by atoms with van der Waals surface area (Å²) in [6, 6.07) is 8.15. The molecule has 1 aliphatic rings. The number of aromatic nitrogens is 1. The SMILES string of the molecule is CC1CCN(C(=O)CCc2c[nH]c3ccccc23)C1CO. The van der Waals surface area contributed by atoms with Crippen molar-refractivity contribution < 1.29 is 9.90 Å². The first-order valence-corrected chi connectivity index (χ1v) is 7.66. The van der Waals surface area contributed by atoms with E-state index in [1.807, 2.05) is 29.3 Å². The number of likely N-dealkylation sites (tertiary alicyclic amines) is 1. The zero-order valence-electron chi connectivity index (χ0n) is 12.4. The number of benzene rings is 1. The number of aliphatic hydroxyl groups excluding tert-OH is 1. The summed E-state index contributed by atoms with van der Waals surface area (Å²) >= 11 is 0. The van der Waals surface area contributed by atoms with E-state index < -0.39 is 0 Å². The number of H-pyrrole nitrogens is 1. The van der Waals surface area contributed by atoms with Gasteiger partial charge in [0.2, 0.25) is 5.91 Å². The van der Waals surface area contributed by atoms with E-state index in [1.54, 1.807) is 0 Å². The summed E-state index contributed by atoms with van der Waals surface area (Å²) in [5.41, 5.74) is 2.30. The molecule has 2 heterocycles. The molecular weight excluding hydrogens is 264 g/mol. The van der Waals surface area contributed by atoms with Crippen molar-refractivity contribution in [1.82, 2.24) is 9.88 Å². The summed E-state index contributed by atoms with van der Waals surface area (Å²) in [6.45, 7) is 2.95. The van der Waals surface area contributed by atoms with Gasteiger partial charge in [-0.25, -0.2) is 0 Å². The fourth-order valence-electron chi connectivity index (χ4n) is 3.32. The lowest BCUT2D eigenvalue weighted by molar-refractivity contribution is -0.133. The second kappa shape index (κ2) is 5.90. The average Bonchev–Trinajstić information content (AvgIpc) is 3.08. The predicted molar refractivity (Wildman–Crippen MR) is 83.0 cm³/mol. The number of nitrogens with zero attached hydrogens (tertiary/aromatic N) is 1. The average molecular weight is 286 g/mol. The van der Waals surface area contributed by atoms with Crippen molar-refractivity contribution in [2.24, 2.45) is 5.92 Å². The molecule has 4 nitrogen and oxygen atoms in total. The number of para-hydroxylation sites is 1. The molecule has 3 rings (SSSR count). The Balaban J connectivity index is 1.66. The minimum Gasteiger partial charge on any atom is -0.394 e. The number of fused-ring (bicyclic) bond motifs is 1. The first kappa shape index (κ1) is 14.1. The molecule has 1 aliphatic heterocycles. The van der Waals surface area contributed by atoms with E-state index in [2.05, 4.69) is 18.0 Å². The van der Waals surface area contributed by atoms with Crippen LogP contribution in [0.3, 0.4) is 0 Å². The number of aryl methyl sites for hydroxylation is 1. The van der Waals surface area contributed by atoms with Crippen molar-refractivity contribution in [1.29, 1.82) is 0 Å². The number of hydrogen-bond acceptors (Lipinski definition) is 2. The van der Waals surface area contributed by atoms with Crippen molar-refractivity contribution in [2.75, 3.05) is 13.2 Å². The van der Waals surface area contributed by atoms with Crippen LogP contribution in [0.2, 0.25) is 0 Å². The molecule has 2 unspecified atom stereocenters. The fourth-order valence-corrected chi connectivity index (χ4v) is 3.32. The van der Waals surface area contributed by atoms with Gasteiger partial charge in [-0.2, -0.15) is 0 Å². The van der Waals surface area contributed by atoms with Gasteiger partial charge in [0.15, 0.2) is 0 Å². The Hall–Kier alpha value is -1.81. The second-order valence-corrected chi connectivity index (χ2v) is 5.96. The van der Waals surface area contributed by atoms with Gasteiger partial charge >= 0.3 is 0 Å². The number of nitrogens with one attached hydrogen (secondary N) is 1. The van der Waals surface area contributed by atoms with Gasteiger partial charge in [-0.05, 0) is 30.4 Å². The van der Waals surface area contributed by atoms with Crippen LogP contribution in [0.25, 0.3) is 10.9 Å². The zero-order chi connectivity index (χ0) is 14.8. The van der Waals surface area contributed by atoms with Crippen LogP contribution in [0, 0.1) is 5.92 Å². The minimum atomic E-state index is 0.000434. The van der Waals surface area contributed by atoms with Crippen LogP contribution < -0.4 is 0 Å². The molecule has 0 aliphatic carbocycles. The summed E-state index contributed by atoms with van der Waals surface area (Å²) in [7, 11) is 0. The summed E-state index contributed by atoms with van der Waals surface area (Å²) in [5, 5.41) is 10.6. The number of amides is 1. The Labute approximate surface area is 124 Å². The van der Waals surface area contributed by atoms with Crippen LogP contribution in [-0.2, 0) is 11.2 Å². The fraction of sp³-hybridized carbons (Fsp3) is 0.471. The van der Waals surface area contributed by atoms with Crippen molar-refractivity contribution in [3.05, 3.63) is 36.0 Å². The summed E-state index contributed by atoms with van der Waals surface area (Å²) < 4.78 is 0. The monoisotopic (exact) mass is 286 g/mol. The third kappa shape index (κ3) is 2.68. The predicted octanol–water partition coefficient (Wildman–Crippen LogP) is 2.33. The van der Waals surface area contributed by atoms with Crippen LogP contribution in [0.4, 0.5) is 0 Å². The Morgan fingerprint density at radius 1 is 1.43 bits per heavy atom. The highest BCUT2D eigenvalue weighted by atomic mass is 16.3. The van der Waals surface area contributed by atoms with E-state index in [4.69, 9.17) is 0 Å². The lowest BCUT2D eigenvalue weighted by Gasteiger charge is -2.25. The maximum Gasteiger partial charge on any atom is 0.223 e. The van der Waals surface area contributed by atoms with Crippen molar-refractivity contribution >= 4 is 16.8 Å². The quantitative estimate of drug-likeness (QED) is 0.906. The molecule has 0 saturated carbocycles. The van der Waals surface area contributed by atoms with Crippen LogP contribution in [0.15, 0.2) is 30.5 Å². The van der Waals surface area contributed by atoms with Gasteiger partial charge in [0, 0.05) is 30.1 Å². The van der Waals surface area contributed by atoms with Crippen LogP contribution >= 0.6 is 0 Å². The van der Waals surface area contributed by atoms with Crippen LogP contribution in [0.5, 0.6) is 0 Å². The van der Waals surface area contributed by atoms with E-state index >= 15 is 0 Å². The second-order valence-electron chi connectivity index (χ2n) is 5.96. The van der Waals surface area contributed by atoms with Gasteiger partial charge in [-0.15, -0.1) is 0 Å². The lowest BCUT2D eigenvalue weighted by atomic mass is 10.0. The largest absolute Gasteiger partial charge is 0.394 e. The van der Waals surface area contributed by atoms with Gasteiger partial charge in [-0.1, -0.05) is 25.1 Å². The Bertz CT molecular complexity index is 635. The standard InChI is InChI=1S/C17H22N2O2/c1-12-8-9-19(16(12)11-20)17(21)7-6-13-10-18-15-5-3-2-4-14(13)15/h2-5,10,12,16,18,20H,6-9,11H2,1H3. The molecule has 2 atom stereocenters. The van der Waals surface area contributed by atoms with Gasteiger partial charge in [-0.3, -0.25) is 4.79 Å². The smallest absolute Gasteiger partial charge is 0.223 e. The molecule has 1 saturated heterocycles. The first-order valence-electron chi connectivity index (χ1n) is 7.66. The number of carbonyl (C=O) groups excluding carboxylic acids is 1. The highest BCUT2D eigenvalue weighted by Gasteiger charge is 2.33.